The van der Waals surface area contributed by atoms with Crippen molar-refractivity contribution < 1.29 is 9.82 Å². The van der Waals surface area contributed by atoms with E-state index in [1.807, 2.05) is 0 Å². The number of anilines is 1. The second-order valence-electron chi connectivity index (χ2n) is 5.68. The van der Waals surface area contributed by atoms with Crippen LogP contribution in [0.2, 0.25) is 12.0 Å². The number of nitrogens with one attached hydrogen (secondary N) is 3. The normalized spacial score (nSPS) is 21.3. The van der Waals surface area contributed by atoms with E-state index in [1.165, 1.54) is 6.20 Å². The van der Waals surface area contributed by atoms with Crippen LogP contribution in [-0.4, -0.2) is 42.1 Å². The number of carbonyl (C=O) groups excluding carboxylic acids is 1. The summed E-state index contributed by atoms with van der Waals surface area (Å²) in [6, 6.07) is 2.18. The van der Waals surface area contributed by atoms with Gasteiger partial charge in [-0.25, -0.2) is 4.98 Å². The van der Waals surface area contributed by atoms with Crippen LogP contribution in [0.4, 0.5) is 5.69 Å². The molecule has 22 heavy (non-hydrogen) atoms. The Bertz CT molecular complexity index is 530. The van der Waals surface area contributed by atoms with Crippen molar-refractivity contribution >= 4 is 30.2 Å². The molecule has 0 aromatic carbocycles. The highest BCUT2D eigenvalue weighted by molar-refractivity contribution is 6.45. The summed E-state index contributed by atoms with van der Waals surface area (Å²) in [4.78, 5) is 15.9. The third-order valence-electron chi connectivity index (χ3n) is 3.85. The topological polar surface area (TPSA) is 86.3 Å². The Morgan fingerprint density at radius 3 is 2.86 bits per heavy atom. The summed E-state index contributed by atoms with van der Waals surface area (Å²) in [5.41, 5.74) is 1.18. The minimum absolute atomic E-state index is 0.193. The van der Waals surface area contributed by atoms with Gasteiger partial charge in [0.25, 0.3) is 5.91 Å². The molecule has 1 aliphatic rings. The molecule has 0 spiro atoms. The van der Waals surface area contributed by atoms with Gasteiger partial charge in [-0.15, -0.1) is 0 Å². The minimum atomic E-state index is -0.513. The second-order valence-corrected chi connectivity index (χ2v) is 6.07. The molecule has 0 radical (unpaired) electrons. The Morgan fingerprint density at radius 1 is 1.45 bits per heavy atom. The fourth-order valence-electron chi connectivity index (χ4n) is 2.90. The zero-order valence-electron chi connectivity index (χ0n) is 12.9. The molecule has 8 heteroatoms. The molecule has 4 N–H and O–H groups in total. The molecular weight excluding hydrogens is 302 g/mol. The first-order valence-electron chi connectivity index (χ1n) is 7.58. The van der Waals surface area contributed by atoms with Gasteiger partial charge in [-0.05, 0) is 38.6 Å². The number of rotatable bonds is 5. The second kappa shape index (κ2) is 7.81. The average molecular weight is 325 g/mol. The molecule has 1 aliphatic carbocycles. The molecule has 0 aliphatic heterocycles. The third kappa shape index (κ3) is 4.59. The average Bonchev–Trinajstić information content (AvgIpc) is 2.46. The van der Waals surface area contributed by atoms with Crippen molar-refractivity contribution in [2.45, 2.75) is 44.6 Å². The fourth-order valence-corrected chi connectivity index (χ4v) is 3.06. The lowest BCUT2D eigenvalue weighted by Gasteiger charge is -2.32. The Hall–Kier alpha value is -1.31. The van der Waals surface area contributed by atoms with Gasteiger partial charge in [0.2, 0.25) is 0 Å². The summed E-state index contributed by atoms with van der Waals surface area (Å²) in [5, 5.41) is 19.0. The molecule has 1 amide bonds. The van der Waals surface area contributed by atoms with E-state index < -0.39 is 7.05 Å². The van der Waals surface area contributed by atoms with Crippen molar-refractivity contribution in [2.75, 3.05) is 12.4 Å². The van der Waals surface area contributed by atoms with E-state index in [0.717, 1.165) is 25.7 Å². The van der Waals surface area contributed by atoms with Crippen LogP contribution in [0.3, 0.4) is 0 Å². The summed E-state index contributed by atoms with van der Waals surface area (Å²) in [6.45, 7) is 1.73. The maximum Gasteiger partial charge on any atom is 0.373 e. The molecule has 0 saturated heterocycles. The maximum absolute atomic E-state index is 11.9. The summed E-state index contributed by atoms with van der Waals surface area (Å²) < 4.78 is 0. The quantitative estimate of drug-likeness (QED) is 0.487. The summed E-state index contributed by atoms with van der Waals surface area (Å²) in [6.07, 6.45) is 5.50. The molecule has 2 unspecified atom stereocenters. The van der Waals surface area contributed by atoms with Crippen molar-refractivity contribution in [3.63, 3.8) is 0 Å². The van der Waals surface area contributed by atoms with Crippen molar-refractivity contribution in [3.05, 3.63) is 23.0 Å². The van der Waals surface area contributed by atoms with Crippen LogP contribution >= 0.6 is 11.6 Å². The van der Waals surface area contributed by atoms with Gasteiger partial charge in [0.05, 0.1) is 11.3 Å². The lowest BCUT2D eigenvalue weighted by Crippen LogP contribution is -2.45. The number of hydrogen-bond donors (Lipinski definition) is 4. The largest absolute Gasteiger partial charge is 0.437 e. The van der Waals surface area contributed by atoms with Crippen LogP contribution in [0, 0.1) is 0 Å². The van der Waals surface area contributed by atoms with Gasteiger partial charge in [0.1, 0.15) is 5.15 Å². The van der Waals surface area contributed by atoms with E-state index in [1.54, 1.807) is 19.9 Å². The molecular formula is C14H22BClN4O2. The molecule has 6 nitrogen and oxygen atoms in total. The molecule has 120 valence electrons. The number of aromatic nitrogens is 1. The standard InChI is InChI=1S/C14H22BClN4O2/c1-15(22)20-10-5-3-4-9(6-10)19-12-7-13(16)18-8-11(12)14(21)17-2/h7-10,20,22H,3-6H2,1-2H3,(H,17,21)(H,18,19). The van der Waals surface area contributed by atoms with Gasteiger partial charge in [-0.2, -0.15) is 0 Å². The van der Waals surface area contributed by atoms with Crippen LogP contribution in [0.25, 0.3) is 0 Å². The SMILES string of the molecule is CNC(=O)c1cnc(Cl)cc1NC1CCCC(NB(C)O)C1. The van der Waals surface area contributed by atoms with E-state index >= 15 is 0 Å². The van der Waals surface area contributed by atoms with Crippen LogP contribution in [0.15, 0.2) is 12.3 Å². The highest BCUT2D eigenvalue weighted by Crippen LogP contribution is 2.25. The predicted octanol–water partition coefficient (Wildman–Crippen LogP) is 1.52. The lowest BCUT2D eigenvalue weighted by atomic mass is 9.82. The molecule has 1 aromatic heterocycles. The van der Waals surface area contributed by atoms with Crippen LogP contribution in [0.1, 0.15) is 36.0 Å². The Balaban J connectivity index is 2.09. The van der Waals surface area contributed by atoms with Gasteiger partial charge in [0, 0.05) is 25.3 Å². The minimum Gasteiger partial charge on any atom is -0.437 e. The van der Waals surface area contributed by atoms with Crippen molar-refractivity contribution in [2.24, 2.45) is 0 Å². The molecule has 2 atom stereocenters. The summed E-state index contributed by atoms with van der Waals surface area (Å²) in [5.74, 6) is -0.193. The molecule has 1 fully saturated rings. The maximum atomic E-state index is 11.9. The number of halogens is 1. The Kier molecular flexibility index (Phi) is 6.05. The van der Waals surface area contributed by atoms with Gasteiger partial charge < -0.3 is 20.9 Å². The monoisotopic (exact) mass is 324 g/mol. The van der Waals surface area contributed by atoms with E-state index in [2.05, 4.69) is 20.8 Å². The van der Waals surface area contributed by atoms with E-state index in [-0.39, 0.29) is 18.0 Å². The highest BCUT2D eigenvalue weighted by Gasteiger charge is 2.24. The Morgan fingerprint density at radius 2 is 2.18 bits per heavy atom. The van der Waals surface area contributed by atoms with Crippen LogP contribution < -0.4 is 15.9 Å². The predicted molar refractivity (Wildman–Crippen MR) is 89.3 cm³/mol. The van der Waals surface area contributed by atoms with E-state index in [9.17, 15) is 9.82 Å². The zero-order valence-corrected chi connectivity index (χ0v) is 13.7. The fraction of sp³-hybridized carbons (Fsp3) is 0.571. The number of nitrogens with zero attached hydrogens (tertiary/aromatic N) is 1. The molecule has 2 rings (SSSR count). The molecule has 0 bridgehead atoms. The van der Waals surface area contributed by atoms with Crippen LogP contribution in [-0.2, 0) is 0 Å². The van der Waals surface area contributed by atoms with E-state index in [4.69, 9.17) is 11.6 Å². The number of carbonyl (C=O) groups is 1. The summed E-state index contributed by atoms with van der Waals surface area (Å²) in [7, 11) is 1.07. The smallest absolute Gasteiger partial charge is 0.373 e. The number of hydrogen-bond acceptors (Lipinski definition) is 5. The Labute approximate surface area is 136 Å². The van der Waals surface area contributed by atoms with Crippen molar-refractivity contribution in [1.29, 1.82) is 0 Å². The van der Waals surface area contributed by atoms with Gasteiger partial charge in [0.15, 0.2) is 0 Å². The van der Waals surface area contributed by atoms with Crippen molar-refractivity contribution in [1.82, 2.24) is 15.5 Å². The summed E-state index contributed by atoms with van der Waals surface area (Å²) >= 11 is 5.95. The van der Waals surface area contributed by atoms with Crippen LogP contribution in [0.5, 0.6) is 0 Å². The molecule has 1 heterocycles. The first-order valence-corrected chi connectivity index (χ1v) is 7.95. The number of amides is 1. The molecule has 1 saturated carbocycles. The zero-order chi connectivity index (χ0) is 16.1. The third-order valence-corrected chi connectivity index (χ3v) is 4.06. The van der Waals surface area contributed by atoms with Gasteiger partial charge in [-0.1, -0.05) is 11.6 Å². The number of pyridine rings is 1. The van der Waals surface area contributed by atoms with E-state index in [0.29, 0.717) is 16.4 Å². The lowest BCUT2D eigenvalue weighted by molar-refractivity contribution is 0.0963. The first-order chi connectivity index (χ1) is 10.5. The first kappa shape index (κ1) is 17.1. The highest BCUT2D eigenvalue weighted by atomic mass is 35.5. The van der Waals surface area contributed by atoms with Gasteiger partial charge >= 0.3 is 7.05 Å². The van der Waals surface area contributed by atoms with Crippen molar-refractivity contribution in [3.8, 4) is 0 Å². The molecule has 1 aromatic rings. The van der Waals surface area contributed by atoms with Gasteiger partial charge in [-0.3, -0.25) is 4.79 Å².